The lowest BCUT2D eigenvalue weighted by atomic mass is 10.1. The zero-order valence-corrected chi connectivity index (χ0v) is 21.5. The number of ether oxygens (including phenoxy) is 2. The Kier molecular flexibility index (Phi) is 10.1. The standard InChI is InChI=1S/C26H38N6O4/c1-5-22(36-23-10-15-32(16-11-23)26(34)35-19(2)3)17-24(27-4)31-13-8-20(9-14-31)29-25(33)30-21-7-6-12-28-18-21/h5-7,12,17-20,23H,4,8-11,13-16H2,1-3H3,(H2,29,30,33)/b22-5+,24-17+. The van der Waals surface area contributed by atoms with Crippen LogP contribution in [0.3, 0.4) is 0 Å². The number of allylic oxidation sites excluding steroid dienone is 2. The van der Waals surface area contributed by atoms with Gasteiger partial charge in [0.25, 0.3) is 0 Å². The first-order valence-corrected chi connectivity index (χ1v) is 12.6. The highest BCUT2D eigenvalue weighted by Crippen LogP contribution is 2.22. The molecule has 0 aromatic carbocycles. The normalized spacial score (nSPS) is 18.1. The fourth-order valence-electron chi connectivity index (χ4n) is 4.22. The highest BCUT2D eigenvalue weighted by molar-refractivity contribution is 5.89. The van der Waals surface area contributed by atoms with Crippen molar-refractivity contribution in [3.8, 4) is 0 Å². The van der Waals surface area contributed by atoms with Crippen molar-refractivity contribution in [2.45, 2.75) is 64.7 Å². The van der Waals surface area contributed by atoms with Crippen LogP contribution in [0.1, 0.15) is 46.5 Å². The molecule has 1 aromatic rings. The van der Waals surface area contributed by atoms with Gasteiger partial charge in [-0.1, -0.05) is 0 Å². The van der Waals surface area contributed by atoms with E-state index in [1.54, 1.807) is 29.4 Å². The first-order chi connectivity index (χ1) is 17.4. The minimum atomic E-state index is -0.264. The summed E-state index contributed by atoms with van der Waals surface area (Å²) in [5.41, 5.74) is 0.661. The number of amides is 3. The van der Waals surface area contributed by atoms with E-state index in [0.29, 0.717) is 18.8 Å². The van der Waals surface area contributed by atoms with Gasteiger partial charge in [-0.05, 0) is 58.5 Å². The van der Waals surface area contributed by atoms with E-state index in [-0.39, 0.29) is 30.4 Å². The summed E-state index contributed by atoms with van der Waals surface area (Å²) in [7, 11) is 0. The van der Waals surface area contributed by atoms with Crippen LogP contribution in [0.4, 0.5) is 15.3 Å². The number of anilines is 1. The van der Waals surface area contributed by atoms with Crippen molar-refractivity contribution in [2.24, 2.45) is 4.99 Å². The number of piperidine rings is 2. The number of aromatic nitrogens is 1. The van der Waals surface area contributed by atoms with E-state index >= 15 is 0 Å². The molecule has 2 aliphatic rings. The van der Waals surface area contributed by atoms with Crippen molar-refractivity contribution in [1.29, 1.82) is 0 Å². The van der Waals surface area contributed by atoms with Gasteiger partial charge >= 0.3 is 12.1 Å². The van der Waals surface area contributed by atoms with Gasteiger partial charge in [-0.15, -0.1) is 0 Å². The van der Waals surface area contributed by atoms with Crippen molar-refractivity contribution in [1.82, 2.24) is 20.1 Å². The van der Waals surface area contributed by atoms with Crippen molar-refractivity contribution >= 4 is 24.5 Å². The summed E-state index contributed by atoms with van der Waals surface area (Å²) in [5, 5.41) is 5.83. The lowest BCUT2D eigenvalue weighted by Gasteiger charge is -2.34. The highest BCUT2D eigenvalue weighted by atomic mass is 16.6. The van der Waals surface area contributed by atoms with E-state index in [2.05, 4.69) is 32.2 Å². The Morgan fingerprint density at radius 1 is 1.17 bits per heavy atom. The van der Waals surface area contributed by atoms with Crippen LogP contribution in [0.2, 0.25) is 0 Å². The number of aliphatic imine (C=N–C) groups is 1. The third-order valence-corrected chi connectivity index (χ3v) is 6.13. The van der Waals surface area contributed by atoms with Crippen LogP contribution in [0.15, 0.2) is 53.3 Å². The molecular formula is C26H38N6O4. The Labute approximate surface area is 213 Å². The maximum atomic E-state index is 12.3. The smallest absolute Gasteiger partial charge is 0.410 e. The molecule has 0 unspecified atom stereocenters. The zero-order chi connectivity index (χ0) is 25.9. The zero-order valence-electron chi connectivity index (χ0n) is 21.5. The molecule has 0 saturated carbocycles. The lowest BCUT2D eigenvalue weighted by Crippen LogP contribution is -2.45. The average molecular weight is 499 g/mol. The first-order valence-electron chi connectivity index (χ1n) is 12.6. The van der Waals surface area contributed by atoms with E-state index in [9.17, 15) is 9.59 Å². The van der Waals surface area contributed by atoms with E-state index < -0.39 is 0 Å². The molecule has 0 radical (unpaired) electrons. The molecule has 1 aromatic heterocycles. The van der Waals surface area contributed by atoms with Crippen LogP contribution in [-0.4, -0.2) is 78.1 Å². The predicted octanol–water partition coefficient (Wildman–Crippen LogP) is 4.14. The van der Waals surface area contributed by atoms with Gasteiger partial charge in [0.1, 0.15) is 17.7 Å². The third-order valence-electron chi connectivity index (χ3n) is 6.13. The number of hydrogen-bond acceptors (Lipinski definition) is 7. The highest BCUT2D eigenvalue weighted by Gasteiger charge is 2.26. The Hall–Kier alpha value is -3.56. The molecule has 0 bridgehead atoms. The summed E-state index contributed by atoms with van der Waals surface area (Å²) >= 11 is 0. The van der Waals surface area contributed by atoms with Crippen molar-refractivity contribution in [3.63, 3.8) is 0 Å². The molecular weight excluding hydrogens is 460 g/mol. The van der Waals surface area contributed by atoms with Crippen LogP contribution in [-0.2, 0) is 9.47 Å². The summed E-state index contributed by atoms with van der Waals surface area (Å²) in [6, 6.07) is 3.42. The lowest BCUT2D eigenvalue weighted by molar-refractivity contribution is 0.0341. The number of likely N-dealkylation sites (tertiary alicyclic amines) is 2. The van der Waals surface area contributed by atoms with Crippen LogP contribution in [0.25, 0.3) is 0 Å². The summed E-state index contributed by atoms with van der Waals surface area (Å²) in [5.74, 6) is 1.48. The van der Waals surface area contributed by atoms with Gasteiger partial charge < -0.3 is 29.9 Å². The van der Waals surface area contributed by atoms with Gasteiger partial charge in [-0.25, -0.2) is 14.6 Å². The molecule has 2 fully saturated rings. The molecule has 2 N–H and O–H groups in total. The molecule has 36 heavy (non-hydrogen) atoms. The number of hydrogen-bond donors (Lipinski definition) is 2. The van der Waals surface area contributed by atoms with E-state index in [1.165, 1.54) is 0 Å². The monoisotopic (exact) mass is 498 g/mol. The topological polar surface area (TPSA) is 108 Å². The van der Waals surface area contributed by atoms with Crippen molar-refractivity contribution in [2.75, 3.05) is 31.5 Å². The number of rotatable bonds is 8. The second-order valence-electron chi connectivity index (χ2n) is 9.19. The molecule has 2 saturated heterocycles. The molecule has 3 amide bonds. The molecule has 3 rings (SSSR count). The first kappa shape index (κ1) is 27.0. The maximum absolute atomic E-state index is 12.3. The van der Waals surface area contributed by atoms with Crippen molar-refractivity contribution in [3.05, 3.63) is 48.3 Å². The predicted molar refractivity (Wildman–Crippen MR) is 140 cm³/mol. The summed E-state index contributed by atoms with van der Waals surface area (Å²) in [6.45, 7) is 12.1. The fraction of sp³-hybridized carbons (Fsp3) is 0.538. The van der Waals surface area contributed by atoms with Gasteiger partial charge in [-0.2, -0.15) is 0 Å². The molecule has 0 atom stereocenters. The maximum Gasteiger partial charge on any atom is 0.410 e. The van der Waals surface area contributed by atoms with Gasteiger partial charge in [0.15, 0.2) is 0 Å². The number of carbonyl (C=O) groups excluding carboxylic acids is 2. The quantitative estimate of drug-likeness (QED) is 0.317. The number of carbonyl (C=O) groups is 2. The van der Waals surface area contributed by atoms with Crippen LogP contribution < -0.4 is 10.6 Å². The van der Waals surface area contributed by atoms with Gasteiger partial charge in [0.05, 0.1) is 18.0 Å². The van der Waals surface area contributed by atoms with E-state index in [4.69, 9.17) is 9.47 Å². The molecule has 10 heteroatoms. The number of urea groups is 1. The van der Waals surface area contributed by atoms with Gasteiger partial charge in [0, 0.05) is 57.3 Å². The Bertz CT molecular complexity index is 933. The Balaban J connectivity index is 1.45. The second kappa shape index (κ2) is 13.5. The summed E-state index contributed by atoms with van der Waals surface area (Å²) < 4.78 is 11.5. The fourth-order valence-corrected chi connectivity index (χ4v) is 4.22. The molecule has 3 heterocycles. The Morgan fingerprint density at radius 3 is 2.44 bits per heavy atom. The SMILES string of the molecule is C=N/C(=C\C(=C/C)OC1CCN(C(=O)OC(C)C)CC1)N1CCC(NC(=O)Nc2cccnc2)CC1. The summed E-state index contributed by atoms with van der Waals surface area (Å²) in [6.07, 6.45) is 9.82. The van der Waals surface area contributed by atoms with Crippen LogP contribution in [0, 0.1) is 0 Å². The van der Waals surface area contributed by atoms with Gasteiger partial charge in [0.2, 0.25) is 0 Å². The Morgan fingerprint density at radius 2 is 1.86 bits per heavy atom. The molecule has 10 nitrogen and oxygen atoms in total. The minimum Gasteiger partial charge on any atom is -0.491 e. The summed E-state index contributed by atoms with van der Waals surface area (Å²) in [4.78, 5) is 36.5. The average Bonchev–Trinajstić information content (AvgIpc) is 2.87. The van der Waals surface area contributed by atoms with Crippen molar-refractivity contribution < 1.29 is 19.1 Å². The third kappa shape index (κ3) is 8.28. The number of pyridine rings is 1. The largest absolute Gasteiger partial charge is 0.491 e. The molecule has 0 spiro atoms. The molecule has 2 aliphatic heterocycles. The van der Waals surface area contributed by atoms with E-state index in [0.717, 1.165) is 50.4 Å². The van der Waals surface area contributed by atoms with Gasteiger partial charge in [-0.3, -0.25) is 4.98 Å². The van der Waals surface area contributed by atoms with E-state index in [1.807, 2.05) is 32.9 Å². The van der Waals surface area contributed by atoms with Crippen LogP contribution >= 0.6 is 0 Å². The second-order valence-corrected chi connectivity index (χ2v) is 9.19. The number of nitrogens with one attached hydrogen (secondary N) is 2. The molecule has 0 aliphatic carbocycles. The number of nitrogens with zero attached hydrogens (tertiary/aromatic N) is 4. The van der Waals surface area contributed by atoms with Crippen LogP contribution in [0.5, 0.6) is 0 Å². The molecule has 196 valence electrons. The minimum absolute atomic E-state index is 0.0230.